The molecular formula is C76H66N2. The van der Waals surface area contributed by atoms with Gasteiger partial charge in [-0.25, -0.2) is 0 Å². The second-order valence-corrected chi connectivity index (χ2v) is 22.8. The van der Waals surface area contributed by atoms with Crippen LogP contribution in [0.2, 0.25) is 0 Å². The number of anilines is 6. The number of aryl methyl sites for hydroxylation is 4. The van der Waals surface area contributed by atoms with Gasteiger partial charge in [0.1, 0.15) is 0 Å². The van der Waals surface area contributed by atoms with Crippen molar-refractivity contribution < 1.29 is 0 Å². The van der Waals surface area contributed by atoms with Crippen molar-refractivity contribution in [3.8, 4) is 44.5 Å². The van der Waals surface area contributed by atoms with Crippen LogP contribution in [0, 0.1) is 27.7 Å². The van der Waals surface area contributed by atoms with Gasteiger partial charge in [-0.15, -0.1) is 0 Å². The fraction of sp³-hybridized carbons (Fsp3) is 0.132. The van der Waals surface area contributed by atoms with Crippen molar-refractivity contribution in [1.29, 1.82) is 0 Å². The molecule has 0 unspecified atom stereocenters. The zero-order valence-electron chi connectivity index (χ0n) is 46.2. The second-order valence-electron chi connectivity index (χ2n) is 22.8. The van der Waals surface area contributed by atoms with Crippen molar-refractivity contribution >= 4 is 45.3 Å². The van der Waals surface area contributed by atoms with E-state index in [1.807, 2.05) is 0 Å². The lowest BCUT2D eigenvalue weighted by Gasteiger charge is -2.26. The van der Waals surface area contributed by atoms with E-state index in [0.29, 0.717) is 0 Å². The van der Waals surface area contributed by atoms with Crippen LogP contribution in [0.25, 0.3) is 55.7 Å². The predicted octanol–water partition coefficient (Wildman–Crippen LogP) is 21.1. The molecule has 2 aliphatic rings. The molecule has 0 N–H and O–H groups in total. The fourth-order valence-electron chi connectivity index (χ4n) is 11.9. The van der Waals surface area contributed by atoms with Gasteiger partial charge < -0.3 is 9.80 Å². The van der Waals surface area contributed by atoms with Crippen LogP contribution in [-0.2, 0) is 10.8 Å². The molecule has 0 heterocycles. The van der Waals surface area contributed by atoms with Crippen LogP contribution < -0.4 is 9.80 Å². The quantitative estimate of drug-likeness (QED) is 0.113. The van der Waals surface area contributed by atoms with Crippen LogP contribution in [-0.4, -0.2) is 0 Å². The number of fused-ring (bicyclic) bond motifs is 6. The topological polar surface area (TPSA) is 6.48 Å². The van der Waals surface area contributed by atoms with Crippen molar-refractivity contribution in [1.82, 2.24) is 0 Å². The zero-order chi connectivity index (χ0) is 54.0. The molecule has 10 aromatic rings. The molecule has 0 saturated carbocycles. The molecule has 380 valence electrons. The van der Waals surface area contributed by atoms with E-state index < -0.39 is 0 Å². The number of allylic oxidation sites excluding steroid dienone is 4. The largest absolute Gasteiger partial charge is 0.311 e. The number of hydrogen-bond donors (Lipinski definition) is 0. The lowest BCUT2D eigenvalue weighted by atomic mass is 9.80. The first-order valence-corrected chi connectivity index (χ1v) is 27.3. The van der Waals surface area contributed by atoms with Gasteiger partial charge in [0.05, 0.1) is 0 Å². The molecule has 10 aromatic carbocycles. The summed E-state index contributed by atoms with van der Waals surface area (Å²) in [6, 6.07) is 80.8. The Bertz CT molecular complexity index is 3620. The lowest BCUT2D eigenvalue weighted by molar-refractivity contribution is 0.660. The Balaban J connectivity index is 0.743. The molecule has 12 rings (SSSR count). The molecule has 0 amide bonds. The normalized spacial score (nSPS) is 13.4. The Morgan fingerprint density at radius 3 is 0.808 bits per heavy atom. The van der Waals surface area contributed by atoms with Crippen LogP contribution in [0.3, 0.4) is 0 Å². The minimum absolute atomic E-state index is 0.191. The molecule has 0 aliphatic heterocycles. The number of nitrogens with zero attached hydrogens (tertiary/aromatic N) is 2. The highest BCUT2D eigenvalue weighted by Gasteiger charge is 2.37. The fourth-order valence-corrected chi connectivity index (χ4v) is 11.9. The third-order valence-corrected chi connectivity index (χ3v) is 16.7. The predicted molar refractivity (Wildman–Crippen MR) is 334 cm³/mol. The molecule has 0 aromatic heterocycles. The summed E-state index contributed by atoms with van der Waals surface area (Å²) < 4.78 is 0. The summed E-state index contributed by atoms with van der Waals surface area (Å²) in [5.74, 6) is 0. The van der Waals surface area contributed by atoms with Crippen molar-refractivity contribution in [3.63, 3.8) is 0 Å². The van der Waals surface area contributed by atoms with Crippen molar-refractivity contribution in [2.24, 2.45) is 0 Å². The highest BCUT2D eigenvalue weighted by atomic mass is 15.1. The maximum absolute atomic E-state index is 4.59. The maximum Gasteiger partial charge on any atom is 0.0462 e. The van der Waals surface area contributed by atoms with Crippen LogP contribution >= 0.6 is 0 Å². The first-order valence-electron chi connectivity index (χ1n) is 27.3. The molecule has 2 aliphatic carbocycles. The molecule has 2 heteroatoms. The van der Waals surface area contributed by atoms with E-state index in [9.17, 15) is 0 Å². The van der Waals surface area contributed by atoms with Gasteiger partial charge in [0.2, 0.25) is 0 Å². The van der Waals surface area contributed by atoms with E-state index in [1.165, 1.54) is 89.0 Å². The molecule has 0 saturated heterocycles. The van der Waals surface area contributed by atoms with Gasteiger partial charge in [-0.1, -0.05) is 197 Å². The molecule has 0 bridgehead atoms. The van der Waals surface area contributed by atoms with E-state index in [1.54, 1.807) is 0 Å². The molecule has 2 nitrogen and oxygen atoms in total. The third-order valence-electron chi connectivity index (χ3n) is 16.7. The average Bonchev–Trinajstić information content (AvgIpc) is 3.84. The van der Waals surface area contributed by atoms with Gasteiger partial charge in [0, 0.05) is 45.0 Å². The third kappa shape index (κ3) is 9.01. The zero-order valence-corrected chi connectivity index (χ0v) is 46.2. The molecular weight excluding hydrogens is 941 g/mol. The van der Waals surface area contributed by atoms with Crippen molar-refractivity contribution in [2.75, 3.05) is 9.80 Å². The summed E-state index contributed by atoms with van der Waals surface area (Å²) >= 11 is 0. The molecule has 0 atom stereocenters. The Labute approximate surface area is 462 Å². The maximum atomic E-state index is 4.59. The van der Waals surface area contributed by atoms with Crippen LogP contribution in [0.15, 0.2) is 244 Å². The minimum Gasteiger partial charge on any atom is -0.311 e. The second kappa shape index (κ2) is 19.5. The summed E-state index contributed by atoms with van der Waals surface area (Å²) in [5, 5.41) is 0. The first kappa shape index (κ1) is 49.9. The Hall–Kier alpha value is -8.98. The first-order chi connectivity index (χ1) is 37.6. The SMILES string of the molecule is C=C(C=CC(=C)c1ccc2c(c1)C(C)(C)c1cc(-c3ccc(N(c4ccc(C)cc4)c4ccc(C)cc4)cc3)ccc1-2)c1ccc2c(c1)C(C)(C)c1cc(-c3ccc(N(c4ccc(C)cc4)c4ccc(C)cc4)cc3)ccc1-2. The van der Waals surface area contributed by atoms with E-state index in [0.717, 1.165) is 56.4 Å². The van der Waals surface area contributed by atoms with Gasteiger partial charge in [-0.2, -0.15) is 0 Å². The van der Waals surface area contributed by atoms with Gasteiger partial charge in [0.15, 0.2) is 0 Å². The highest BCUT2D eigenvalue weighted by Crippen LogP contribution is 2.52. The molecule has 0 radical (unpaired) electrons. The van der Waals surface area contributed by atoms with Crippen LogP contribution in [0.4, 0.5) is 34.1 Å². The number of benzene rings is 10. The lowest BCUT2D eigenvalue weighted by Crippen LogP contribution is -2.15. The average molecular weight is 1010 g/mol. The summed E-state index contributed by atoms with van der Waals surface area (Å²) in [7, 11) is 0. The van der Waals surface area contributed by atoms with Gasteiger partial charge >= 0.3 is 0 Å². The monoisotopic (exact) mass is 1010 g/mol. The van der Waals surface area contributed by atoms with E-state index in [-0.39, 0.29) is 10.8 Å². The minimum atomic E-state index is -0.191. The van der Waals surface area contributed by atoms with Crippen LogP contribution in [0.1, 0.15) is 83.3 Å². The Morgan fingerprint density at radius 2 is 0.526 bits per heavy atom. The highest BCUT2D eigenvalue weighted by molar-refractivity contribution is 5.90. The molecule has 0 fully saturated rings. The van der Waals surface area contributed by atoms with E-state index >= 15 is 0 Å². The summed E-state index contributed by atoms with van der Waals surface area (Å²) in [4.78, 5) is 4.66. The summed E-state index contributed by atoms with van der Waals surface area (Å²) in [6.07, 6.45) is 4.26. The standard InChI is InChI=1S/C76H66N2/c1-49-11-29-61(30-12-49)77(62-31-13-50(2)14-32-62)65-37-21-55(22-38-65)59-27-43-69-67-41-25-57(45-71(67)75(7,8)73(69)47-59)53(5)19-20-54(6)58-26-42-68-70-44-28-60(48-74(70)76(9,10)72(68)46-58)56-23-39-66(40-24-56)78(63-33-15-51(3)16-34-63)64-35-17-52(4)18-36-64/h11-48H,5-6H2,1-4,7-10H3. The molecule has 78 heavy (non-hydrogen) atoms. The van der Waals surface area contributed by atoms with Gasteiger partial charge in [0.25, 0.3) is 0 Å². The number of hydrogen-bond acceptors (Lipinski definition) is 2. The van der Waals surface area contributed by atoms with Gasteiger partial charge in [-0.05, 0) is 214 Å². The smallest absolute Gasteiger partial charge is 0.0462 e. The van der Waals surface area contributed by atoms with E-state index in [4.69, 9.17) is 0 Å². The Morgan fingerprint density at radius 1 is 0.295 bits per heavy atom. The summed E-state index contributed by atoms with van der Waals surface area (Å²) in [6.45, 7) is 27.1. The van der Waals surface area contributed by atoms with Crippen LogP contribution in [0.5, 0.6) is 0 Å². The Kier molecular flexibility index (Phi) is 12.5. The number of rotatable bonds is 12. The van der Waals surface area contributed by atoms with Gasteiger partial charge in [-0.3, -0.25) is 0 Å². The summed E-state index contributed by atoms with van der Waals surface area (Å²) in [5.41, 5.74) is 30.9. The van der Waals surface area contributed by atoms with E-state index in [2.05, 4.69) is 309 Å². The van der Waals surface area contributed by atoms with Crippen molar-refractivity contribution in [3.05, 3.63) is 299 Å². The van der Waals surface area contributed by atoms with Crippen molar-refractivity contribution in [2.45, 2.75) is 66.2 Å². The molecule has 0 spiro atoms.